The normalized spacial score (nSPS) is 12.3. The van der Waals surface area contributed by atoms with Crippen molar-refractivity contribution in [2.45, 2.75) is 19.2 Å². The average Bonchev–Trinajstić information content (AvgIpc) is 2.54. The van der Waals surface area contributed by atoms with Gasteiger partial charge in [-0.05, 0) is 37.3 Å². The second-order valence-electron chi connectivity index (χ2n) is 5.19. The Morgan fingerprint density at radius 3 is 2.35 bits per heavy atom. The largest absolute Gasteiger partial charge is 0.474 e. The zero-order valence-corrected chi connectivity index (χ0v) is 13.2. The molecule has 1 N–H and O–H groups in total. The van der Waals surface area contributed by atoms with E-state index in [0.717, 1.165) is 42.5 Å². The Morgan fingerprint density at radius 1 is 1.19 bits per heavy atom. The van der Waals surface area contributed by atoms with E-state index in [9.17, 15) is 32.5 Å². The fourth-order valence-corrected chi connectivity index (χ4v) is 1.96. The number of nitro benzene ring substituents is 1. The van der Waals surface area contributed by atoms with E-state index in [1.807, 2.05) is 0 Å². The number of carbonyl (C=O) groups is 1. The Labute approximate surface area is 144 Å². The van der Waals surface area contributed by atoms with Gasteiger partial charge in [0, 0.05) is 17.8 Å². The maximum absolute atomic E-state index is 13.2. The van der Waals surface area contributed by atoms with E-state index < -0.39 is 45.9 Å². The van der Waals surface area contributed by atoms with Crippen LogP contribution in [0.2, 0.25) is 0 Å². The zero-order valence-electron chi connectivity index (χ0n) is 13.2. The monoisotopic (exact) mass is 372 g/mol. The third-order valence-electron chi connectivity index (χ3n) is 3.27. The van der Waals surface area contributed by atoms with Gasteiger partial charge in [-0.15, -0.1) is 0 Å². The predicted octanol–water partition coefficient (Wildman–Crippen LogP) is 4.16. The lowest BCUT2D eigenvalue weighted by Crippen LogP contribution is -2.30. The number of ether oxygens (including phenoxy) is 1. The number of halogens is 4. The maximum atomic E-state index is 13.2. The Bertz CT molecular complexity index is 822. The summed E-state index contributed by atoms with van der Waals surface area (Å²) >= 11 is 0. The summed E-state index contributed by atoms with van der Waals surface area (Å²) in [5, 5.41) is 13.2. The minimum Gasteiger partial charge on any atom is -0.474 e. The number of nitrogens with one attached hydrogen (secondary N) is 1. The van der Waals surface area contributed by atoms with E-state index in [1.165, 1.54) is 6.92 Å². The van der Waals surface area contributed by atoms with Crippen LogP contribution < -0.4 is 10.1 Å². The number of amides is 1. The zero-order chi connectivity index (χ0) is 19.5. The van der Waals surface area contributed by atoms with Crippen molar-refractivity contribution >= 4 is 17.3 Å². The molecule has 2 aromatic carbocycles. The van der Waals surface area contributed by atoms with Crippen molar-refractivity contribution in [3.8, 4) is 5.75 Å². The van der Waals surface area contributed by atoms with Gasteiger partial charge in [0.15, 0.2) is 6.10 Å². The molecule has 0 saturated heterocycles. The highest BCUT2D eigenvalue weighted by Crippen LogP contribution is 2.30. The standard InChI is InChI=1S/C16H12F4N2O4/c1-9(26-14-8-11(17)4-7-13(14)22(24)25)15(23)21-12-5-2-10(3-6-12)16(18,19)20/h2-9H,1H3,(H,21,23)/t9-/m1/s1. The highest BCUT2D eigenvalue weighted by atomic mass is 19.4. The number of alkyl halides is 3. The van der Waals surface area contributed by atoms with Crippen LogP contribution >= 0.6 is 0 Å². The molecule has 26 heavy (non-hydrogen) atoms. The summed E-state index contributed by atoms with van der Waals surface area (Å²) in [5.41, 5.74) is -1.33. The third-order valence-corrected chi connectivity index (χ3v) is 3.27. The molecule has 0 radical (unpaired) electrons. The quantitative estimate of drug-likeness (QED) is 0.485. The van der Waals surface area contributed by atoms with E-state index in [-0.39, 0.29) is 5.69 Å². The van der Waals surface area contributed by atoms with E-state index in [1.54, 1.807) is 0 Å². The number of nitrogens with zero attached hydrogens (tertiary/aromatic N) is 1. The first-order valence-corrected chi connectivity index (χ1v) is 7.16. The molecule has 2 aromatic rings. The Balaban J connectivity index is 2.09. The van der Waals surface area contributed by atoms with Crippen LogP contribution in [0.1, 0.15) is 12.5 Å². The number of carbonyl (C=O) groups excluding carboxylic acids is 1. The molecule has 1 atom stereocenters. The molecule has 0 fully saturated rings. The number of anilines is 1. The molecule has 0 aliphatic rings. The van der Waals surface area contributed by atoms with Gasteiger partial charge in [0.05, 0.1) is 10.5 Å². The molecule has 0 aromatic heterocycles. The number of hydrogen-bond donors (Lipinski definition) is 1. The number of nitro groups is 1. The van der Waals surface area contributed by atoms with E-state index in [2.05, 4.69) is 5.32 Å². The number of rotatable bonds is 5. The molecule has 0 heterocycles. The lowest BCUT2D eigenvalue weighted by molar-refractivity contribution is -0.386. The number of benzene rings is 2. The Kier molecular flexibility index (Phi) is 5.44. The summed E-state index contributed by atoms with van der Waals surface area (Å²) in [6.07, 6.45) is -5.77. The maximum Gasteiger partial charge on any atom is 0.416 e. The Hall–Kier alpha value is -3.17. The lowest BCUT2D eigenvalue weighted by Gasteiger charge is -2.15. The first-order chi connectivity index (χ1) is 12.1. The molecule has 1 amide bonds. The molecule has 0 aliphatic carbocycles. The molecule has 0 bridgehead atoms. The van der Waals surface area contributed by atoms with Crippen molar-refractivity contribution in [2.75, 3.05) is 5.32 Å². The summed E-state index contributed by atoms with van der Waals surface area (Å²) < 4.78 is 55.9. The van der Waals surface area contributed by atoms with Gasteiger partial charge in [-0.1, -0.05) is 0 Å². The van der Waals surface area contributed by atoms with Crippen molar-refractivity contribution in [2.24, 2.45) is 0 Å². The molecule has 2 rings (SSSR count). The number of hydrogen-bond acceptors (Lipinski definition) is 4. The smallest absolute Gasteiger partial charge is 0.416 e. The lowest BCUT2D eigenvalue weighted by atomic mass is 10.2. The van der Waals surface area contributed by atoms with Gasteiger partial charge in [0.25, 0.3) is 5.91 Å². The van der Waals surface area contributed by atoms with Gasteiger partial charge >= 0.3 is 11.9 Å². The topological polar surface area (TPSA) is 81.5 Å². The van der Waals surface area contributed by atoms with Crippen LogP contribution in [0.5, 0.6) is 5.75 Å². The highest BCUT2D eigenvalue weighted by Gasteiger charge is 2.30. The van der Waals surface area contributed by atoms with Crippen molar-refractivity contribution in [3.05, 3.63) is 64.0 Å². The fraction of sp³-hybridized carbons (Fsp3) is 0.188. The van der Waals surface area contributed by atoms with Crippen molar-refractivity contribution in [1.82, 2.24) is 0 Å². The molecular weight excluding hydrogens is 360 g/mol. The molecule has 0 saturated carbocycles. The van der Waals surface area contributed by atoms with Crippen molar-refractivity contribution < 1.29 is 32.0 Å². The Morgan fingerprint density at radius 2 is 1.81 bits per heavy atom. The summed E-state index contributed by atoms with van der Waals surface area (Å²) in [6, 6.07) is 6.22. The van der Waals surface area contributed by atoms with E-state index in [0.29, 0.717) is 0 Å². The van der Waals surface area contributed by atoms with Crippen LogP contribution in [-0.2, 0) is 11.0 Å². The van der Waals surface area contributed by atoms with E-state index >= 15 is 0 Å². The minimum absolute atomic E-state index is 0.0761. The van der Waals surface area contributed by atoms with Gasteiger partial charge in [0.1, 0.15) is 5.82 Å². The van der Waals surface area contributed by atoms with Crippen LogP contribution in [0.4, 0.5) is 28.9 Å². The van der Waals surface area contributed by atoms with E-state index in [4.69, 9.17) is 4.74 Å². The highest BCUT2D eigenvalue weighted by molar-refractivity contribution is 5.94. The molecule has 6 nitrogen and oxygen atoms in total. The fourth-order valence-electron chi connectivity index (χ4n) is 1.96. The second kappa shape index (κ2) is 7.38. The SMILES string of the molecule is C[C@@H](Oc1cc(F)ccc1[N+](=O)[O-])C(=O)Nc1ccc(C(F)(F)F)cc1. The first-order valence-electron chi connectivity index (χ1n) is 7.16. The van der Waals surface area contributed by atoms with Crippen LogP contribution in [0.3, 0.4) is 0 Å². The van der Waals surface area contributed by atoms with Gasteiger partial charge in [-0.2, -0.15) is 13.2 Å². The first kappa shape index (κ1) is 19.2. The van der Waals surface area contributed by atoms with Crippen LogP contribution in [0.25, 0.3) is 0 Å². The molecule has 0 spiro atoms. The summed E-state index contributed by atoms with van der Waals surface area (Å²) in [4.78, 5) is 22.1. The van der Waals surface area contributed by atoms with Gasteiger partial charge < -0.3 is 10.1 Å². The molecule has 0 aliphatic heterocycles. The van der Waals surface area contributed by atoms with Crippen LogP contribution in [0, 0.1) is 15.9 Å². The van der Waals surface area contributed by atoms with Crippen LogP contribution in [-0.4, -0.2) is 16.9 Å². The molecule has 138 valence electrons. The summed E-state index contributed by atoms with van der Waals surface area (Å²) in [6.45, 7) is 1.26. The third kappa shape index (κ3) is 4.68. The molecule has 0 unspecified atom stereocenters. The van der Waals surface area contributed by atoms with Gasteiger partial charge in [0.2, 0.25) is 5.75 Å². The second-order valence-corrected chi connectivity index (χ2v) is 5.19. The molecule has 10 heteroatoms. The van der Waals surface area contributed by atoms with Crippen molar-refractivity contribution in [3.63, 3.8) is 0 Å². The summed E-state index contributed by atoms with van der Waals surface area (Å²) in [7, 11) is 0. The predicted molar refractivity (Wildman–Crippen MR) is 83.2 cm³/mol. The average molecular weight is 372 g/mol. The minimum atomic E-state index is -4.50. The van der Waals surface area contributed by atoms with Crippen molar-refractivity contribution in [1.29, 1.82) is 0 Å². The summed E-state index contributed by atoms with van der Waals surface area (Å²) in [5.74, 6) is -2.01. The molecular formula is C16H12F4N2O4. The van der Waals surface area contributed by atoms with Gasteiger partial charge in [-0.3, -0.25) is 14.9 Å². The van der Waals surface area contributed by atoms with Crippen LogP contribution in [0.15, 0.2) is 42.5 Å². The van der Waals surface area contributed by atoms with Gasteiger partial charge in [-0.25, -0.2) is 4.39 Å².